The van der Waals surface area contributed by atoms with E-state index in [-0.39, 0.29) is 23.9 Å². The number of benzene rings is 1. The van der Waals surface area contributed by atoms with Crippen molar-refractivity contribution in [3.05, 3.63) is 29.3 Å². The fourth-order valence-corrected chi connectivity index (χ4v) is 3.08. The van der Waals surface area contributed by atoms with Crippen LogP contribution in [0.1, 0.15) is 27.7 Å². The Morgan fingerprint density at radius 3 is 2.04 bits per heavy atom. The number of hydrogen-bond acceptors (Lipinski definition) is 3. The lowest BCUT2D eigenvalue weighted by Crippen LogP contribution is -2.57. The van der Waals surface area contributed by atoms with E-state index in [1.807, 2.05) is 52.0 Å². The Balaban J connectivity index is 1.90. The van der Waals surface area contributed by atoms with Crippen molar-refractivity contribution in [2.45, 2.75) is 39.8 Å². The van der Waals surface area contributed by atoms with Gasteiger partial charge in [-0.1, -0.05) is 25.4 Å². The van der Waals surface area contributed by atoms with Crippen LogP contribution in [0.3, 0.4) is 0 Å². The summed E-state index contributed by atoms with van der Waals surface area (Å²) in [7, 11) is 0. The molecule has 3 amide bonds. The molecule has 1 aliphatic heterocycles. The molecule has 0 aliphatic carbocycles. The van der Waals surface area contributed by atoms with Gasteiger partial charge in [0, 0.05) is 42.9 Å². The fraction of sp³-hybridized carbons (Fsp3) is 0.579. The molecule has 1 aromatic rings. The molecule has 0 radical (unpaired) electrons. The van der Waals surface area contributed by atoms with Crippen LogP contribution in [0.15, 0.2) is 24.3 Å². The van der Waals surface area contributed by atoms with Gasteiger partial charge in [0.25, 0.3) is 0 Å². The average Bonchev–Trinajstić information content (AvgIpc) is 2.59. The number of nitrogens with zero attached hydrogens (tertiary/aromatic N) is 2. The molecular formula is C19H29ClN4O2. The molecule has 6 nitrogen and oxygen atoms in total. The Morgan fingerprint density at radius 2 is 1.54 bits per heavy atom. The third kappa shape index (κ3) is 5.53. The molecule has 1 aromatic carbocycles. The number of halogens is 1. The van der Waals surface area contributed by atoms with Crippen molar-refractivity contribution in [2.75, 3.05) is 31.1 Å². The summed E-state index contributed by atoms with van der Waals surface area (Å²) in [5, 5.41) is 6.48. The lowest BCUT2D eigenvalue weighted by atomic mass is 10.0. The van der Waals surface area contributed by atoms with Gasteiger partial charge in [-0.2, -0.15) is 0 Å². The highest BCUT2D eigenvalue weighted by molar-refractivity contribution is 6.30. The quantitative estimate of drug-likeness (QED) is 0.825. The lowest BCUT2D eigenvalue weighted by molar-refractivity contribution is -0.124. The van der Waals surface area contributed by atoms with Gasteiger partial charge in [0.1, 0.15) is 6.04 Å². The maximum absolute atomic E-state index is 12.6. The molecule has 0 aromatic heterocycles. The second kappa shape index (κ2) is 9.12. The van der Waals surface area contributed by atoms with Gasteiger partial charge in [-0.3, -0.25) is 4.79 Å². The minimum Gasteiger partial charge on any atom is -0.368 e. The molecule has 1 aliphatic rings. The predicted octanol–water partition coefficient (Wildman–Crippen LogP) is 2.72. The van der Waals surface area contributed by atoms with Gasteiger partial charge in [-0.05, 0) is 44.0 Å². The summed E-state index contributed by atoms with van der Waals surface area (Å²) < 4.78 is 0. The molecule has 0 spiro atoms. The third-order valence-corrected chi connectivity index (χ3v) is 4.67. The molecule has 144 valence electrons. The summed E-state index contributed by atoms with van der Waals surface area (Å²) in [6.45, 7) is 10.4. The maximum Gasteiger partial charge on any atom is 0.318 e. The monoisotopic (exact) mass is 380 g/mol. The van der Waals surface area contributed by atoms with Crippen molar-refractivity contribution in [2.24, 2.45) is 5.92 Å². The van der Waals surface area contributed by atoms with Crippen molar-refractivity contribution in [1.29, 1.82) is 0 Å². The largest absolute Gasteiger partial charge is 0.368 e. The summed E-state index contributed by atoms with van der Waals surface area (Å²) in [4.78, 5) is 28.9. The molecular weight excluding hydrogens is 352 g/mol. The van der Waals surface area contributed by atoms with Crippen LogP contribution >= 0.6 is 11.6 Å². The Morgan fingerprint density at radius 1 is 0.962 bits per heavy atom. The van der Waals surface area contributed by atoms with E-state index in [4.69, 9.17) is 11.6 Å². The summed E-state index contributed by atoms with van der Waals surface area (Å²) in [5.41, 5.74) is 1.10. The van der Waals surface area contributed by atoms with E-state index in [9.17, 15) is 9.59 Å². The summed E-state index contributed by atoms with van der Waals surface area (Å²) in [6, 6.07) is 7.06. The smallest absolute Gasteiger partial charge is 0.318 e. The molecule has 7 heteroatoms. The molecule has 1 heterocycles. The Bertz CT molecular complexity index is 610. The van der Waals surface area contributed by atoms with Crippen LogP contribution < -0.4 is 15.5 Å². The molecule has 1 atom stereocenters. The SMILES string of the molecule is CC(C)NC(=O)[C@@H](NC(=O)N1CCN(c2ccc(Cl)cc2)CC1)C(C)C. The van der Waals surface area contributed by atoms with E-state index in [1.54, 1.807) is 4.90 Å². The van der Waals surface area contributed by atoms with Gasteiger partial charge in [0.05, 0.1) is 0 Å². The van der Waals surface area contributed by atoms with E-state index in [2.05, 4.69) is 15.5 Å². The number of anilines is 1. The van der Waals surface area contributed by atoms with Crippen LogP contribution in [0, 0.1) is 5.92 Å². The first-order valence-electron chi connectivity index (χ1n) is 9.14. The van der Waals surface area contributed by atoms with E-state index < -0.39 is 6.04 Å². The number of amides is 3. The number of rotatable bonds is 5. The summed E-state index contributed by atoms with van der Waals surface area (Å²) >= 11 is 5.93. The minimum absolute atomic E-state index is 0.0213. The molecule has 26 heavy (non-hydrogen) atoms. The minimum atomic E-state index is -0.529. The average molecular weight is 381 g/mol. The lowest BCUT2D eigenvalue weighted by Gasteiger charge is -2.37. The summed E-state index contributed by atoms with van der Waals surface area (Å²) in [6.07, 6.45) is 0. The van der Waals surface area contributed by atoms with Crippen molar-refractivity contribution in [3.8, 4) is 0 Å². The van der Waals surface area contributed by atoms with Crippen molar-refractivity contribution in [1.82, 2.24) is 15.5 Å². The molecule has 1 saturated heterocycles. The zero-order chi connectivity index (χ0) is 19.3. The van der Waals surface area contributed by atoms with Crippen LogP contribution in [0.25, 0.3) is 0 Å². The van der Waals surface area contributed by atoms with Crippen LogP contribution in [0.5, 0.6) is 0 Å². The Labute approximate surface area is 160 Å². The van der Waals surface area contributed by atoms with Crippen molar-refractivity contribution in [3.63, 3.8) is 0 Å². The molecule has 1 fully saturated rings. The Hall–Kier alpha value is -1.95. The first kappa shape index (κ1) is 20.4. The van der Waals surface area contributed by atoms with Gasteiger partial charge in [-0.25, -0.2) is 4.79 Å². The zero-order valence-corrected chi connectivity index (χ0v) is 16.7. The number of nitrogens with one attached hydrogen (secondary N) is 2. The maximum atomic E-state index is 12.6. The molecule has 0 bridgehead atoms. The van der Waals surface area contributed by atoms with E-state index in [1.165, 1.54) is 0 Å². The van der Waals surface area contributed by atoms with E-state index in [0.717, 1.165) is 18.8 Å². The van der Waals surface area contributed by atoms with Crippen LogP contribution in [-0.4, -0.2) is 55.1 Å². The second-order valence-electron chi connectivity index (χ2n) is 7.28. The topological polar surface area (TPSA) is 64.7 Å². The van der Waals surface area contributed by atoms with Crippen LogP contribution in [0.2, 0.25) is 5.02 Å². The van der Waals surface area contributed by atoms with Gasteiger partial charge in [-0.15, -0.1) is 0 Å². The molecule has 0 saturated carbocycles. The van der Waals surface area contributed by atoms with E-state index >= 15 is 0 Å². The number of piperazine rings is 1. The normalized spacial score (nSPS) is 16.0. The highest BCUT2D eigenvalue weighted by Crippen LogP contribution is 2.19. The first-order chi connectivity index (χ1) is 12.3. The predicted molar refractivity (Wildman–Crippen MR) is 106 cm³/mol. The molecule has 2 N–H and O–H groups in total. The Kier molecular flexibility index (Phi) is 7.14. The zero-order valence-electron chi connectivity index (χ0n) is 16.0. The molecule has 0 unspecified atom stereocenters. The number of carbonyl (C=O) groups is 2. The van der Waals surface area contributed by atoms with Crippen LogP contribution in [0.4, 0.5) is 10.5 Å². The van der Waals surface area contributed by atoms with E-state index in [0.29, 0.717) is 18.1 Å². The number of hydrogen-bond donors (Lipinski definition) is 2. The first-order valence-corrected chi connectivity index (χ1v) is 9.52. The number of carbonyl (C=O) groups excluding carboxylic acids is 2. The highest BCUT2D eigenvalue weighted by Gasteiger charge is 2.28. The standard InChI is InChI=1S/C19H29ClN4O2/c1-13(2)17(18(25)21-14(3)4)22-19(26)24-11-9-23(10-12-24)16-7-5-15(20)6-8-16/h5-8,13-14,17H,9-12H2,1-4H3,(H,21,25)(H,22,26)/t17-/m0/s1. The summed E-state index contributed by atoms with van der Waals surface area (Å²) in [5.74, 6) is -0.115. The van der Waals surface area contributed by atoms with Gasteiger partial charge in [0.2, 0.25) is 5.91 Å². The highest BCUT2D eigenvalue weighted by atomic mass is 35.5. The molecule has 2 rings (SSSR count). The van der Waals surface area contributed by atoms with Gasteiger partial charge < -0.3 is 20.4 Å². The van der Waals surface area contributed by atoms with Crippen molar-refractivity contribution < 1.29 is 9.59 Å². The second-order valence-corrected chi connectivity index (χ2v) is 7.72. The number of urea groups is 1. The van der Waals surface area contributed by atoms with Crippen LogP contribution in [-0.2, 0) is 4.79 Å². The third-order valence-electron chi connectivity index (χ3n) is 4.42. The van der Waals surface area contributed by atoms with Gasteiger partial charge in [0.15, 0.2) is 0 Å². The van der Waals surface area contributed by atoms with Crippen molar-refractivity contribution >= 4 is 29.2 Å². The fourth-order valence-electron chi connectivity index (χ4n) is 2.95. The van der Waals surface area contributed by atoms with Gasteiger partial charge >= 0.3 is 6.03 Å².